The summed E-state index contributed by atoms with van der Waals surface area (Å²) in [6, 6.07) is 11.7. The molecule has 0 heterocycles. The highest BCUT2D eigenvalue weighted by Crippen LogP contribution is 2.19. The van der Waals surface area contributed by atoms with Crippen molar-refractivity contribution in [3.63, 3.8) is 0 Å². The van der Waals surface area contributed by atoms with E-state index in [1.807, 2.05) is 13.8 Å². The minimum atomic E-state index is -0.906. The number of aryl methyl sites for hydroxylation is 1. The van der Waals surface area contributed by atoms with Crippen molar-refractivity contribution in [2.24, 2.45) is 5.10 Å². The first-order valence-corrected chi connectivity index (χ1v) is 9.55. The first kappa shape index (κ1) is 22.9. The normalized spacial score (nSPS) is 10.7. The van der Waals surface area contributed by atoms with Crippen LogP contribution < -0.4 is 20.8 Å². The number of nitrogens with one attached hydrogen (secondary N) is 3. The summed E-state index contributed by atoms with van der Waals surface area (Å²) in [5, 5.41) is 9.53. The van der Waals surface area contributed by atoms with Crippen LogP contribution in [0.2, 0.25) is 5.02 Å². The molecule has 0 saturated heterocycles. The molecule has 0 unspecified atom stereocenters. The van der Waals surface area contributed by atoms with E-state index in [9.17, 15) is 14.4 Å². The van der Waals surface area contributed by atoms with E-state index in [2.05, 4.69) is 21.2 Å². The van der Waals surface area contributed by atoms with Crippen LogP contribution in [0.25, 0.3) is 0 Å². The SMILES string of the molecule is Cc1cc(Cl)ccc1NC(=O)C(=O)N/N=C\c1ccc(OCC(=O)NC(C)C)cc1. The zero-order valence-corrected chi connectivity index (χ0v) is 17.6. The molecule has 0 spiro atoms. The lowest BCUT2D eigenvalue weighted by Crippen LogP contribution is -2.34. The van der Waals surface area contributed by atoms with E-state index in [1.54, 1.807) is 49.4 Å². The quantitative estimate of drug-likeness (QED) is 0.356. The van der Waals surface area contributed by atoms with Crippen LogP contribution in [0.5, 0.6) is 5.75 Å². The monoisotopic (exact) mass is 430 g/mol. The van der Waals surface area contributed by atoms with Crippen LogP contribution >= 0.6 is 11.6 Å². The molecule has 0 aromatic heterocycles. The van der Waals surface area contributed by atoms with Gasteiger partial charge in [-0.3, -0.25) is 14.4 Å². The fourth-order valence-electron chi connectivity index (χ4n) is 2.33. The van der Waals surface area contributed by atoms with Gasteiger partial charge in [0.1, 0.15) is 5.75 Å². The summed E-state index contributed by atoms with van der Waals surface area (Å²) in [6.07, 6.45) is 1.38. The zero-order chi connectivity index (χ0) is 22.1. The number of hydrogen-bond acceptors (Lipinski definition) is 5. The molecule has 0 bridgehead atoms. The van der Waals surface area contributed by atoms with Gasteiger partial charge in [0.25, 0.3) is 5.91 Å². The number of nitrogens with zero attached hydrogens (tertiary/aromatic N) is 1. The number of hydrogen-bond donors (Lipinski definition) is 3. The van der Waals surface area contributed by atoms with Crippen LogP contribution in [0, 0.1) is 6.92 Å². The van der Waals surface area contributed by atoms with E-state index in [0.717, 1.165) is 5.56 Å². The molecule has 30 heavy (non-hydrogen) atoms. The number of ether oxygens (including phenoxy) is 1. The maximum Gasteiger partial charge on any atom is 0.329 e. The lowest BCUT2D eigenvalue weighted by Gasteiger charge is -2.09. The molecule has 0 saturated carbocycles. The fraction of sp³-hybridized carbons (Fsp3) is 0.238. The Hall–Kier alpha value is -3.39. The number of rotatable bonds is 7. The predicted octanol–water partition coefficient (Wildman–Crippen LogP) is 2.64. The Balaban J connectivity index is 1.82. The van der Waals surface area contributed by atoms with Crippen molar-refractivity contribution in [1.82, 2.24) is 10.7 Å². The van der Waals surface area contributed by atoms with Crippen LogP contribution in [0.4, 0.5) is 5.69 Å². The summed E-state index contributed by atoms with van der Waals surface area (Å²) >= 11 is 5.87. The van der Waals surface area contributed by atoms with Gasteiger partial charge in [0, 0.05) is 16.8 Å². The smallest absolute Gasteiger partial charge is 0.329 e. The number of hydrazone groups is 1. The molecular formula is C21H23ClN4O4. The summed E-state index contributed by atoms with van der Waals surface area (Å²) in [5.41, 5.74) is 4.05. The van der Waals surface area contributed by atoms with Crippen molar-refractivity contribution in [3.8, 4) is 5.75 Å². The van der Waals surface area contributed by atoms with Crippen LogP contribution in [0.1, 0.15) is 25.0 Å². The Morgan fingerprint density at radius 1 is 1.10 bits per heavy atom. The average molecular weight is 431 g/mol. The van der Waals surface area contributed by atoms with Crippen LogP contribution in [0.3, 0.4) is 0 Å². The summed E-state index contributed by atoms with van der Waals surface area (Å²) in [6.45, 7) is 5.42. The minimum Gasteiger partial charge on any atom is -0.484 e. The summed E-state index contributed by atoms with van der Waals surface area (Å²) in [4.78, 5) is 35.4. The number of carbonyl (C=O) groups excluding carboxylic acids is 3. The van der Waals surface area contributed by atoms with Gasteiger partial charge in [-0.25, -0.2) is 5.43 Å². The predicted molar refractivity (Wildman–Crippen MR) is 116 cm³/mol. The first-order chi connectivity index (χ1) is 14.2. The van der Waals surface area contributed by atoms with E-state index in [4.69, 9.17) is 16.3 Å². The molecule has 3 amide bonds. The second-order valence-corrected chi connectivity index (χ2v) is 7.13. The number of halogens is 1. The van der Waals surface area contributed by atoms with Crippen molar-refractivity contribution in [1.29, 1.82) is 0 Å². The highest BCUT2D eigenvalue weighted by atomic mass is 35.5. The molecule has 0 fully saturated rings. The third kappa shape index (κ3) is 7.56. The maximum absolute atomic E-state index is 12.0. The van der Waals surface area contributed by atoms with Crippen molar-refractivity contribution < 1.29 is 19.1 Å². The molecule has 8 nitrogen and oxygen atoms in total. The third-order valence-electron chi connectivity index (χ3n) is 3.72. The van der Waals surface area contributed by atoms with Gasteiger partial charge in [-0.1, -0.05) is 11.6 Å². The molecule has 3 N–H and O–H groups in total. The van der Waals surface area contributed by atoms with Crippen molar-refractivity contribution in [2.75, 3.05) is 11.9 Å². The zero-order valence-electron chi connectivity index (χ0n) is 16.9. The molecule has 0 aliphatic rings. The summed E-state index contributed by atoms with van der Waals surface area (Å²) in [5.74, 6) is -1.43. The van der Waals surface area contributed by atoms with Crippen LogP contribution in [-0.4, -0.2) is 36.6 Å². The average Bonchev–Trinajstić information content (AvgIpc) is 2.68. The van der Waals surface area contributed by atoms with Gasteiger partial charge in [-0.05, 0) is 74.4 Å². The molecule has 0 aliphatic heterocycles. The Morgan fingerprint density at radius 3 is 2.43 bits per heavy atom. The number of carbonyl (C=O) groups is 3. The van der Waals surface area contributed by atoms with Gasteiger partial charge in [-0.15, -0.1) is 0 Å². The second-order valence-electron chi connectivity index (χ2n) is 6.69. The second kappa shape index (κ2) is 11.0. The lowest BCUT2D eigenvalue weighted by atomic mass is 10.2. The molecule has 2 aromatic rings. The highest BCUT2D eigenvalue weighted by Gasteiger charge is 2.14. The van der Waals surface area contributed by atoms with Gasteiger partial charge in [-0.2, -0.15) is 5.10 Å². The van der Waals surface area contributed by atoms with Gasteiger partial charge in [0.2, 0.25) is 0 Å². The Kier molecular flexibility index (Phi) is 8.37. The minimum absolute atomic E-state index is 0.0483. The topological polar surface area (TPSA) is 109 Å². The molecule has 9 heteroatoms. The molecule has 0 atom stereocenters. The maximum atomic E-state index is 12.0. The van der Waals surface area contributed by atoms with E-state index in [0.29, 0.717) is 22.0 Å². The van der Waals surface area contributed by atoms with Gasteiger partial charge >= 0.3 is 11.8 Å². The molecule has 0 radical (unpaired) electrons. The molecule has 0 aliphatic carbocycles. The summed E-state index contributed by atoms with van der Waals surface area (Å²) < 4.78 is 5.38. The molecule has 158 valence electrons. The Morgan fingerprint density at radius 2 is 1.80 bits per heavy atom. The largest absolute Gasteiger partial charge is 0.484 e. The fourth-order valence-corrected chi connectivity index (χ4v) is 2.55. The summed E-state index contributed by atoms with van der Waals surface area (Å²) in [7, 11) is 0. The Labute approximate surface area is 179 Å². The van der Waals surface area contributed by atoms with E-state index in [-0.39, 0.29) is 18.6 Å². The highest BCUT2D eigenvalue weighted by molar-refractivity contribution is 6.39. The van der Waals surface area contributed by atoms with E-state index >= 15 is 0 Å². The number of benzene rings is 2. The Bertz CT molecular complexity index is 943. The van der Waals surface area contributed by atoms with Crippen molar-refractivity contribution in [2.45, 2.75) is 26.8 Å². The molecule has 2 rings (SSSR count). The van der Waals surface area contributed by atoms with Crippen LogP contribution in [-0.2, 0) is 14.4 Å². The van der Waals surface area contributed by atoms with E-state index < -0.39 is 11.8 Å². The van der Waals surface area contributed by atoms with Gasteiger partial charge < -0.3 is 15.4 Å². The van der Waals surface area contributed by atoms with Crippen molar-refractivity contribution in [3.05, 3.63) is 58.6 Å². The van der Waals surface area contributed by atoms with Crippen molar-refractivity contribution >= 4 is 41.2 Å². The van der Waals surface area contributed by atoms with E-state index in [1.165, 1.54) is 6.21 Å². The lowest BCUT2D eigenvalue weighted by molar-refractivity contribution is -0.136. The van der Waals surface area contributed by atoms with Crippen LogP contribution in [0.15, 0.2) is 47.6 Å². The molecular weight excluding hydrogens is 408 g/mol. The third-order valence-corrected chi connectivity index (χ3v) is 3.96. The number of anilines is 1. The van der Waals surface area contributed by atoms with Gasteiger partial charge in [0.05, 0.1) is 6.21 Å². The van der Waals surface area contributed by atoms with Gasteiger partial charge in [0.15, 0.2) is 6.61 Å². The first-order valence-electron chi connectivity index (χ1n) is 9.17. The standard InChI is InChI=1S/C21H23ClN4O4/c1-13(2)24-19(27)12-30-17-7-4-15(5-8-17)11-23-26-21(29)20(28)25-18-9-6-16(22)10-14(18)3/h4-11,13H,12H2,1-3H3,(H,24,27)(H,25,28)(H,26,29)/b23-11-. The molecule has 2 aromatic carbocycles. The number of amides is 3.